The number of nitrogens with zero attached hydrogens (tertiary/aromatic N) is 2. The van der Waals surface area contributed by atoms with Crippen LogP contribution in [0.5, 0.6) is 0 Å². The Kier molecular flexibility index (Phi) is 5.19. The van der Waals surface area contributed by atoms with Crippen molar-refractivity contribution in [3.05, 3.63) is 39.6 Å². The molecule has 2 heterocycles. The van der Waals surface area contributed by atoms with Crippen molar-refractivity contribution in [2.45, 2.75) is 13.1 Å². The van der Waals surface area contributed by atoms with Crippen molar-refractivity contribution in [2.75, 3.05) is 20.3 Å². The summed E-state index contributed by atoms with van der Waals surface area (Å²) < 4.78 is 7.94. The first kappa shape index (κ1) is 13.5. The first-order valence-corrected chi connectivity index (χ1v) is 6.93. The Balaban J connectivity index is 1.91. The van der Waals surface area contributed by atoms with Crippen molar-refractivity contribution in [3.63, 3.8) is 0 Å². The fourth-order valence-electron chi connectivity index (χ4n) is 1.63. The first-order valence-electron chi connectivity index (χ1n) is 5.73. The van der Waals surface area contributed by atoms with Gasteiger partial charge in [-0.2, -0.15) is 0 Å². The maximum atomic E-state index is 5.93. The predicted octanol–water partition coefficient (Wildman–Crippen LogP) is 2.38. The molecule has 0 saturated heterocycles. The van der Waals surface area contributed by atoms with E-state index >= 15 is 0 Å². The number of hydrogen-bond donors (Lipinski definition) is 1. The van der Waals surface area contributed by atoms with E-state index in [0.29, 0.717) is 6.61 Å². The maximum Gasteiger partial charge on any atom is 0.122 e. The fourth-order valence-corrected chi connectivity index (χ4v) is 2.72. The Morgan fingerprint density at radius 2 is 2.39 bits per heavy atom. The van der Waals surface area contributed by atoms with Crippen molar-refractivity contribution < 1.29 is 4.74 Å². The molecule has 0 unspecified atom stereocenters. The van der Waals surface area contributed by atoms with Crippen LogP contribution in [0, 0.1) is 0 Å². The average Bonchev–Trinajstić information content (AvgIpc) is 2.95. The molecular formula is C12H16ClN3OS. The lowest BCUT2D eigenvalue weighted by atomic mass is 10.4. The number of halogens is 1. The van der Waals surface area contributed by atoms with Crippen LogP contribution in [-0.4, -0.2) is 29.8 Å². The lowest BCUT2D eigenvalue weighted by Gasteiger charge is -2.07. The second-order valence-electron chi connectivity index (χ2n) is 3.85. The van der Waals surface area contributed by atoms with Gasteiger partial charge in [-0.25, -0.2) is 4.98 Å². The molecule has 1 N–H and O–H groups in total. The Labute approximate surface area is 116 Å². The minimum absolute atomic E-state index is 0.710. The third kappa shape index (κ3) is 3.81. The van der Waals surface area contributed by atoms with Crippen LogP contribution >= 0.6 is 22.9 Å². The Morgan fingerprint density at radius 1 is 1.50 bits per heavy atom. The zero-order chi connectivity index (χ0) is 12.8. The molecule has 0 aromatic carbocycles. The van der Waals surface area contributed by atoms with Gasteiger partial charge in [0.15, 0.2) is 0 Å². The number of aromatic nitrogens is 2. The molecule has 0 aliphatic rings. The normalized spacial score (nSPS) is 11.0. The van der Waals surface area contributed by atoms with E-state index in [1.165, 1.54) is 4.88 Å². The second kappa shape index (κ2) is 6.89. The van der Waals surface area contributed by atoms with Crippen molar-refractivity contribution >= 4 is 22.9 Å². The molecule has 0 aliphatic heterocycles. The highest BCUT2D eigenvalue weighted by molar-refractivity contribution is 7.16. The Morgan fingerprint density at radius 3 is 3.11 bits per heavy atom. The van der Waals surface area contributed by atoms with E-state index in [9.17, 15) is 0 Å². The van der Waals surface area contributed by atoms with Crippen molar-refractivity contribution in [3.8, 4) is 0 Å². The molecule has 98 valence electrons. The van der Waals surface area contributed by atoms with Crippen LogP contribution in [0.2, 0.25) is 4.34 Å². The standard InChI is InChI=1S/C12H16ClN3OS/c1-17-7-5-14-8-12-15-4-6-16(12)9-10-2-3-11(13)18-10/h2-4,6,14H,5,7-9H2,1H3. The SMILES string of the molecule is COCCNCc1nccn1Cc1ccc(Cl)s1. The van der Waals surface area contributed by atoms with E-state index in [2.05, 4.69) is 20.9 Å². The predicted molar refractivity (Wildman–Crippen MR) is 74.2 cm³/mol. The highest BCUT2D eigenvalue weighted by Crippen LogP contribution is 2.22. The van der Waals surface area contributed by atoms with Crippen LogP contribution in [0.15, 0.2) is 24.5 Å². The minimum Gasteiger partial charge on any atom is -0.383 e. The number of methoxy groups -OCH3 is 1. The summed E-state index contributed by atoms with van der Waals surface area (Å²) >= 11 is 7.53. The van der Waals surface area contributed by atoms with Crippen LogP contribution in [0.4, 0.5) is 0 Å². The number of imidazole rings is 1. The Hall–Kier alpha value is -0.880. The highest BCUT2D eigenvalue weighted by atomic mass is 35.5. The van der Waals surface area contributed by atoms with E-state index in [1.807, 2.05) is 18.5 Å². The summed E-state index contributed by atoms with van der Waals surface area (Å²) in [6.07, 6.45) is 3.81. The molecule has 0 atom stereocenters. The second-order valence-corrected chi connectivity index (χ2v) is 5.65. The first-order chi connectivity index (χ1) is 8.79. The zero-order valence-corrected chi connectivity index (χ0v) is 11.8. The maximum absolute atomic E-state index is 5.93. The topological polar surface area (TPSA) is 39.1 Å². The summed E-state index contributed by atoms with van der Waals surface area (Å²) in [6, 6.07) is 3.98. The van der Waals surface area contributed by atoms with Gasteiger partial charge in [-0.1, -0.05) is 11.6 Å². The summed E-state index contributed by atoms with van der Waals surface area (Å²) in [7, 11) is 1.70. The van der Waals surface area contributed by atoms with Gasteiger partial charge in [0.1, 0.15) is 5.82 Å². The summed E-state index contributed by atoms with van der Waals surface area (Å²) in [4.78, 5) is 5.58. The third-order valence-electron chi connectivity index (χ3n) is 2.52. The number of thiophene rings is 1. The number of rotatable bonds is 7. The van der Waals surface area contributed by atoms with Crippen molar-refractivity contribution in [2.24, 2.45) is 0 Å². The molecule has 2 aromatic heterocycles. The van der Waals surface area contributed by atoms with Crippen LogP contribution in [-0.2, 0) is 17.8 Å². The van der Waals surface area contributed by atoms with Gasteiger partial charge in [0, 0.05) is 30.9 Å². The lowest BCUT2D eigenvalue weighted by molar-refractivity contribution is 0.199. The summed E-state index contributed by atoms with van der Waals surface area (Å²) in [5.74, 6) is 1.02. The molecular weight excluding hydrogens is 270 g/mol. The van der Waals surface area contributed by atoms with Gasteiger partial charge in [0.25, 0.3) is 0 Å². The van der Waals surface area contributed by atoms with E-state index in [4.69, 9.17) is 16.3 Å². The largest absolute Gasteiger partial charge is 0.383 e. The van der Waals surface area contributed by atoms with Crippen LogP contribution < -0.4 is 5.32 Å². The molecule has 0 spiro atoms. The zero-order valence-electron chi connectivity index (χ0n) is 10.2. The molecule has 0 amide bonds. The smallest absolute Gasteiger partial charge is 0.122 e. The number of nitrogens with one attached hydrogen (secondary N) is 1. The van der Waals surface area contributed by atoms with Crippen molar-refractivity contribution in [1.82, 2.24) is 14.9 Å². The molecule has 0 fully saturated rings. The van der Waals surface area contributed by atoms with E-state index in [0.717, 1.165) is 29.8 Å². The molecule has 4 nitrogen and oxygen atoms in total. The average molecular weight is 286 g/mol. The molecule has 0 bridgehead atoms. The van der Waals surface area contributed by atoms with Crippen LogP contribution in [0.25, 0.3) is 0 Å². The van der Waals surface area contributed by atoms with Gasteiger partial charge < -0.3 is 14.6 Å². The van der Waals surface area contributed by atoms with Gasteiger partial charge in [0.05, 0.1) is 24.0 Å². The number of hydrogen-bond acceptors (Lipinski definition) is 4. The van der Waals surface area contributed by atoms with Gasteiger partial charge in [-0.15, -0.1) is 11.3 Å². The van der Waals surface area contributed by atoms with Crippen molar-refractivity contribution in [1.29, 1.82) is 0 Å². The molecule has 2 aromatic rings. The summed E-state index contributed by atoms with van der Waals surface area (Å²) in [6.45, 7) is 3.10. The lowest BCUT2D eigenvalue weighted by Crippen LogP contribution is -2.21. The van der Waals surface area contributed by atoms with Gasteiger partial charge in [0.2, 0.25) is 0 Å². The molecule has 18 heavy (non-hydrogen) atoms. The molecule has 0 aliphatic carbocycles. The Bertz CT molecular complexity index is 483. The number of ether oxygens (including phenoxy) is 1. The minimum atomic E-state index is 0.710. The molecule has 0 radical (unpaired) electrons. The van der Waals surface area contributed by atoms with Crippen LogP contribution in [0.3, 0.4) is 0 Å². The summed E-state index contributed by atoms with van der Waals surface area (Å²) in [5, 5.41) is 3.29. The molecule has 6 heteroatoms. The van der Waals surface area contributed by atoms with Gasteiger partial charge >= 0.3 is 0 Å². The van der Waals surface area contributed by atoms with Gasteiger partial charge in [-0.05, 0) is 12.1 Å². The summed E-state index contributed by atoms with van der Waals surface area (Å²) in [5.41, 5.74) is 0. The molecule has 0 saturated carbocycles. The monoisotopic (exact) mass is 285 g/mol. The molecule has 2 rings (SSSR count). The quantitative estimate of drug-likeness (QED) is 0.794. The van der Waals surface area contributed by atoms with Gasteiger partial charge in [-0.3, -0.25) is 0 Å². The van der Waals surface area contributed by atoms with E-state index < -0.39 is 0 Å². The van der Waals surface area contributed by atoms with E-state index in [1.54, 1.807) is 18.4 Å². The van der Waals surface area contributed by atoms with Crippen LogP contribution in [0.1, 0.15) is 10.7 Å². The van der Waals surface area contributed by atoms with E-state index in [-0.39, 0.29) is 0 Å². The highest BCUT2D eigenvalue weighted by Gasteiger charge is 2.04. The third-order valence-corrected chi connectivity index (χ3v) is 3.74. The fraction of sp³-hybridized carbons (Fsp3) is 0.417.